The van der Waals surface area contributed by atoms with Gasteiger partial charge < -0.3 is 0 Å². The number of rotatable bonds is 3. The number of halogens is 12. The Morgan fingerprint density at radius 2 is 0.870 bits per heavy atom. The van der Waals surface area contributed by atoms with E-state index in [0.717, 1.165) is 6.07 Å². The average molecular weight is 384 g/mol. The molecule has 1 aromatic rings. The third-order valence-electron chi connectivity index (χ3n) is 2.88. The molecule has 0 aliphatic carbocycles. The molecule has 13 heteroatoms. The first-order valence-electron chi connectivity index (χ1n) is 5.31. The molecule has 0 atom stereocenters. The van der Waals surface area contributed by atoms with Gasteiger partial charge in [0.15, 0.2) is 0 Å². The third-order valence-corrected chi connectivity index (χ3v) is 6.56. The van der Waals surface area contributed by atoms with Gasteiger partial charge in [-0.3, -0.25) is 0 Å². The van der Waals surface area contributed by atoms with E-state index in [4.69, 9.17) is 0 Å². The predicted octanol–water partition coefficient (Wildman–Crippen LogP) is 5.94. The zero-order valence-corrected chi connectivity index (χ0v) is 11.3. The second-order valence-electron chi connectivity index (χ2n) is 4.32. The van der Waals surface area contributed by atoms with Gasteiger partial charge >= 0.3 is 119 Å². The Labute approximate surface area is 120 Å². The minimum absolute atomic E-state index is 0.322. The molecule has 134 valence electrons. The summed E-state index contributed by atoms with van der Waals surface area (Å²) in [6.45, 7) is 0. The molecule has 0 unspecified atom stereocenters. The fourth-order valence-corrected chi connectivity index (χ4v) is 4.22. The minimum atomic E-state index is -10.3. The van der Waals surface area contributed by atoms with E-state index in [1.807, 2.05) is 0 Å². The first-order valence-corrected chi connectivity index (χ1v) is 7.33. The molecule has 0 spiro atoms. The van der Waals surface area contributed by atoms with Gasteiger partial charge in [0.05, 0.1) is 0 Å². The number of alkyl halides is 10. The molecular formula is C10H5F12P. The standard InChI is InChI=1S/C10H5F12P/c11-7(12,13)9(17,18)23(21,22,6-4-2-1-3-5-6)10(19,20)8(14,15)16/h1-5H. The maximum absolute atomic E-state index is 14.3. The molecule has 0 aromatic heterocycles. The third kappa shape index (κ3) is 2.28. The van der Waals surface area contributed by atoms with Crippen LogP contribution in [-0.4, -0.2) is 23.7 Å². The second-order valence-corrected chi connectivity index (χ2v) is 7.77. The fourth-order valence-electron chi connectivity index (χ4n) is 1.64. The van der Waals surface area contributed by atoms with Crippen molar-refractivity contribution in [3.63, 3.8) is 0 Å². The van der Waals surface area contributed by atoms with Crippen LogP contribution < -0.4 is 5.30 Å². The van der Waals surface area contributed by atoms with Gasteiger partial charge in [0.1, 0.15) is 0 Å². The first kappa shape index (κ1) is 19.9. The molecule has 0 aliphatic rings. The Morgan fingerprint density at radius 1 is 0.565 bits per heavy atom. The van der Waals surface area contributed by atoms with Crippen molar-refractivity contribution in [2.75, 3.05) is 0 Å². The molecule has 0 nitrogen and oxygen atoms in total. The summed E-state index contributed by atoms with van der Waals surface area (Å²) in [7, 11) is -10.3. The van der Waals surface area contributed by atoms with Crippen molar-refractivity contribution in [1.82, 2.24) is 0 Å². The van der Waals surface area contributed by atoms with E-state index in [0.29, 0.717) is 12.1 Å². The monoisotopic (exact) mass is 384 g/mol. The van der Waals surface area contributed by atoms with Gasteiger partial charge in [-0.25, -0.2) is 0 Å². The summed E-state index contributed by atoms with van der Waals surface area (Å²) in [6, 6.07) is 0.801. The van der Waals surface area contributed by atoms with Gasteiger partial charge in [-0.05, 0) is 0 Å². The first-order chi connectivity index (χ1) is 9.92. The summed E-state index contributed by atoms with van der Waals surface area (Å²) in [5, 5.41) is -2.71. The van der Waals surface area contributed by atoms with Crippen LogP contribution in [0.4, 0.5) is 52.3 Å². The van der Waals surface area contributed by atoms with Crippen LogP contribution in [0, 0.1) is 0 Å². The van der Waals surface area contributed by atoms with E-state index in [9.17, 15) is 52.3 Å². The van der Waals surface area contributed by atoms with Crippen LogP contribution in [0.2, 0.25) is 0 Å². The molecule has 1 aromatic carbocycles. The van der Waals surface area contributed by atoms with Gasteiger partial charge in [-0.2, -0.15) is 0 Å². The number of benzene rings is 1. The van der Waals surface area contributed by atoms with Crippen molar-refractivity contribution in [1.29, 1.82) is 0 Å². The van der Waals surface area contributed by atoms with Crippen LogP contribution in [0.5, 0.6) is 0 Å². The van der Waals surface area contributed by atoms with E-state index in [-0.39, 0.29) is 12.1 Å². The molecule has 0 aliphatic heterocycles. The zero-order chi connectivity index (χ0) is 18.6. The van der Waals surface area contributed by atoms with Gasteiger partial charge in [-0.15, -0.1) is 0 Å². The Morgan fingerprint density at radius 3 is 1.13 bits per heavy atom. The van der Waals surface area contributed by atoms with E-state index >= 15 is 0 Å². The molecule has 0 N–H and O–H groups in total. The summed E-state index contributed by atoms with van der Waals surface area (Å²) >= 11 is 0. The average Bonchev–Trinajstić information content (AvgIpc) is 2.36. The van der Waals surface area contributed by atoms with Crippen LogP contribution in [0.3, 0.4) is 0 Å². The van der Waals surface area contributed by atoms with E-state index < -0.39 is 36.2 Å². The number of hydrogen-bond acceptors (Lipinski definition) is 0. The Kier molecular flexibility index (Phi) is 4.23. The summed E-state index contributed by atoms with van der Waals surface area (Å²) in [5.41, 5.74) is -15.2. The predicted molar refractivity (Wildman–Crippen MR) is 57.2 cm³/mol. The summed E-state index contributed by atoms with van der Waals surface area (Å²) in [6.07, 6.45) is -14.7. The van der Waals surface area contributed by atoms with Crippen LogP contribution in [0.15, 0.2) is 30.3 Å². The van der Waals surface area contributed by atoms with Crippen molar-refractivity contribution in [2.45, 2.75) is 23.7 Å². The van der Waals surface area contributed by atoms with E-state index in [1.165, 1.54) is 0 Å². The molecule has 0 heterocycles. The van der Waals surface area contributed by atoms with Crippen molar-refractivity contribution in [2.24, 2.45) is 0 Å². The quantitative estimate of drug-likeness (QED) is 0.447. The second kappa shape index (κ2) is 4.90. The Hall–Kier alpha value is -1.19. The van der Waals surface area contributed by atoms with Crippen molar-refractivity contribution in [3.05, 3.63) is 30.3 Å². The topological polar surface area (TPSA) is 0 Å². The van der Waals surface area contributed by atoms with Gasteiger partial charge in [0, 0.05) is 0 Å². The van der Waals surface area contributed by atoms with E-state index in [2.05, 4.69) is 0 Å². The SMILES string of the molecule is FC(F)(F)C(F)(F)P(F)(F)(c1ccccc1)C(F)(F)C(F)(F)F. The van der Waals surface area contributed by atoms with Crippen molar-refractivity contribution < 1.29 is 52.3 Å². The Bertz CT molecular complexity index is 540. The molecule has 0 fully saturated rings. The molecular weight excluding hydrogens is 379 g/mol. The number of hydrogen-bond donors (Lipinski definition) is 0. The molecule has 0 saturated heterocycles. The van der Waals surface area contributed by atoms with Gasteiger partial charge in [0.2, 0.25) is 0 Å². The summed E-state index contributed by atoms with van der Waals surface area (Å²) in [4.78, 5) is 0. The molecule has 0 amide bonds. The van der Waals surface area contributed by atoms with Gasteiger partial charge in [-0.1, -0.05) is 0 Å². The molecule has 0 bridgehead atoms. The van der Waals surface area contributed by atoms with Crippen LogP contribution in [0.1, 0.15) is 0 Å². The normalized spacial score (nSPS) is 16.8. The van der Waals surface area contributed by atoms with Crippen LogP contribution in [0.25, 0.3) is 0 Å². The molecule has 0 radical (unpaired) electrons. The molecule has 0 saturated carbocycles. The van der Waals surface area contributed by atoms with E-state index in [1.54, 1.807) is 0 Å². The van der Waals surface area contributed by atoms with Crippen molar-refractivity contribution in [3.8, 4) is 0 Å². The van der Waals surface area contributed by atoms with Crippen LogP contribution in [-0.2, 0) is 0 Å². The maximum atomic E-state index is 14.3. The zero-order valence-electron chi connectivity index (χ0n) is 10.4. The molecule has 1 rings (SSSR count). The summed E-state index contributed by atoms with van der Waals surface area (Å²) in [5.74, 6) is 0. The van der Waals surface area contributed by atoms with Crippen LogP contribution >= 0.6 is 7.22 Å². The summed E-state index contributed by atoms with van der Waals surface area (Å²) < 4.78 is 155. The van der Waals surface area contributed by atoms with Crippen molar-refractivity contribution >= 4 is 12.5 Å². The molecule has 23 heavy (non-hydrogen) atoms. The van der Waals surface area contributed by atoms with Gasteiger partial charge in [0.25, 0.3) is 0 Å². The Balaban J connectivity index is 3.99. The fraction of sp³-hybridized carbons (Fsp3) is 0.400.